The normalized spacial score (nSPS) is 14.8. The van der Waals surface area contributed by atoms with Crippen molar-refractivity contribution in [2.45, 2.75) is 13.5 Å². The van der Waals surface area contributed by atoms with E-state index >= 15 is 0 Å². The van der Waals surface area contributed by atoms with Crippen LogP contribution in [0.1, 0.15) is 12.5 Å². The first-order valence-corrected chi connectivity index (χ1v) is 8.46. The average molecular weight is 452 g/mol. The van der Waals surface area contributed by atoms with E-state index in [0.717, 1.165) is 44.6 Å². The maximum atomic E-state index is 4.79. The Balaban J connectivity index is 0.00000225. The van der Waals surface area contributed by atoms with E-state index in [1.807, 2.05) is 12.1 Å². The van der Waals surface area contributed by atoms with E-state index in [9.17, 15) is 0 Å². The number of halogens is 1. The van der Waals surface area contributed by atoms with Gasteiger partial charge < -0.3 is 15.1 Å². The van der Waals surface area contributed by atoms with Gasteiger partial charge in [-0.1, -0.05) is 30.3 Å². The highest BCUT2D eigenvalue weighted by Crippen LogP contribution is 2.10. The zero-order chi connectivity index (χ0) is 16.6. The highest BCUT2D eigenvalue weighted by atomic mass is 127. The summed E-state index contributed by atoms with van der Waals surface area (Å²) < 4.78 is 0. The summed E-state index contributed by atoms with van der Waals surface area (Å²) in [7, 11) is 0. The smallest absolute Gasteiger partial charge is 0.225 e. The van der Waals surface area contributed by atoms with Crippen LogP contribution in [-0.4, -0.2) is 53.6 Å². The second-order valence-electron chi connectivity index (χ2n) is 5.68. The molecule has 1 saturated heterocycles. The molecule has 25 heavy (non-hydrogen) atoms. The van der Waals surface area contributed by atoms with Gasteiger partial charge in [-0.15, -0.1) is 24.0 Å². The standard InChI is InChI=1S/C18H24N6.HI/c1-2-19-17(22-15-16-7-4-3-5-8-16)23-11-13-24(14-12-23)18-20-9-6-10-21-18;/h3-10H,2,11-15H2,1H3,(H,19,22);1H. The van der Waals surface area contributed by atoms with E-state index < -0.39 is 0 Å². The van der Waals surface area contributed by atoms with Crippen molar-refractivity contribution < 1.29 is 0 Å². The number of aliphatic imine (C=N–C) groups is 1. The van der Waals surface area contributed by atoms with Gasteiger partial charge in [-0.05, 0) is 18.6 Å². The fourth-order valence-electron chi connectivity index (χ4n) is 2.75. The minimum absolute atomic E-state index is 0. The third-order valence-corrected chi connectivity index (χ3v) is 4.00. The van der Waals surface area contributed by atoms with Gasteiger partial charge >= 0.3 is 0 Å². The summed E-state index contributed by atoms with van der Waals surface area (Å²) in [5.74, 6) is 1.79. The summed E-state index contributed by atoms with van der Waals surface area (Å²) in [5.41, 5.74) is 1.23. The first-order chi connectivity index (χ1) is 11.9. The van der Waals surface area contributed by atoms with Crippen molar-refractivity contribution in [3.8, 4) is 0 Å². The van der Waals surface area contributed by atoms with E-state index in [-0.39, 0.29) is 24.0 Å². The van der Waals surface area contributed by atoms with E-state index in [1.54, 1.807) is 12.4 Å². The van der Waals surface area contributed by atoms with Crippen LogP contribution < -0.4 is 10.2 Å². The summed E-state index contributed by atoms with van der Waals surface area (Å²) >= 11 is 0. The van der Waals surface area contributed by atoms with Crippen LogP contribution in [0.4, 0.5) is 5.95 Å². The number of nitrogens with zero attached hydrogens (tertiary/aromatic N) is 5. The number of benzene rings is 1. The Bertz CT molecular complexity index is 641. The van der Waals surface area contributed by atoms with E-state index in [0.29, 0.717) is 6.54 Å². The summed E-state index contributed by atoms with van der Waals surface area (Å²) in [6.45, 7) is 7.31. The maximum absolute atomic E-state index is 4.79. The van der Waals surface area contributed by atoms with Gasteiger partial charge in [0, 0.05) is 45.1 Å². The molecule has 2 heterocycles. The van der Waals surface area contributed by atoms with Crippen LogP contribution in [0.3, 0.4) is 0 Å². The fraction of sp³-hybridized carbons (Fsp3) is 0.389. The van der Waals surface area contributed by atoms with E-state index in [4.69, 9.17) is 4.99 Å². The Morgan fingerprint density at radius 3 is 2.36 bits per heavy atom. The van der Waals surface area contributed by atoms with Gasteiger partial charge in [-0.2, -0.15) is 0 Å². The molecule has 0 bridgehead atoms. The predicted octanol–water partition coefficient (Wildman–Crippen LogP) is 2.38. The number of piperazine rings is 1. The molecule has 1 fully saturated rings. The zero-order valence-corrected chi connectivity index (χ0v) is 16.8. The molecule has 0 unspecified atom stereocenters. The lowest BCUT2D eigenvalue weighted by molar-refractivity contribution is 0.370. The number of hydrogen-bond donors (Lipinski definition) is 1. The average Bonchev–Trinajstić information content (AvgIpc) is 2.67. The number of guanidine groups is 1. The molecule has 3 rings (SSSR count). The Hall–Kier alpha value is -1.90. The molecule has 0 atom stereocenters. The molecule has 0 aliphatic carbocycles. The molecule has 0 saturated carbocycles. The molecule has 1 aromatic carbocycles. The second-order valence-corrected chi connectivity index (χ2v) is 5.68. The summed E-state index contributed by atoms with van der Waals surface area (Å²) in [6.07, 6.45) is 3.58. The Labute approximate surface area is 166 Å². The largest absolute Gasteiger partial charge is 0.357 e. The SMILES string of the molecule is CCNC(=NCc1ccccc1)N1CCN(c2ncccn2)CC1.I. The highest BCUT2D eigenvalue weighted by Gasteiger charge is 2.20. The van der Waals surface area contributed by atoms with Crippen molar-refractivity contribution in [3.05, 3.63) is 54.4 Å². The lowest BCUT2D eigenvalue weighted by Gasteiger charge is -2.36. The lowest BCUT2D eigenvalue weighted by atomic mass is 10.2. The Kier molecular flexibility index (Phi) is 7.90. The van der Waals surface area contributed by atoms with Crippen molar-refractivity contribution in [2.75, 3.05) is 37.6 Å². The highest BCUT2D eigenvalue weighted by molar-refractivity contribution is 14.0. The van der Waals surface area contributed by atoms with Crippen LogP contribution in [0.2, 0.25) is 0 Å². The van der Waals surface area contributed by atoms with Crippen LogP contribution in [0.25, 0.3) is 0 Å². The molecular formula is C18H25IN6. The molecule has 7 heteroatoms. The van der Waals surface area contributed by atoms with Gasteiger partial charge in [0.25, 0.3) is 0 Å². The molecule has 1 aromatic heterocycles. The molecule has 0 amide bonds. The third-order valence-electron chi connectivity index (χ3n) is 4.00. The van der Waals surface area contributed by atoms with Crippen molar-refractivity contribution in [1.82, 2.24) is 20.2 Å². The van der Waals surface area contributed by atoms with Gasteiger partial charge in [-0.3, -0.25) is 0 Å². The third kappa shape index (κ3) is 5.55. The first kappa shape index (κ1) is 19.4. The molecule has 0 spiro atoms. The monoisotopic (exact) mass is 452 g/mol. The predicted molar refractivity (Wildman–Crippen MR) is 112 cm³/mol. The van der Waals surface area contributed by atoms with Gasteiger partial charge in [0.1, 0.15) is 0 Å². The van der Waals surface area contributed by atoms with E-state index in [2.05, 4.69) is 56.3 Å². The number of nitrogens with one attached hydrogen (secondary N) is 1. The minimum atomic E-state index is 0. The topological polar surface area (TPSA) is 56.7 Å². The van der Waals surface area contributed by atoms with Crippen LogP contribution in [0, 0.1) is 0 Å². The molecule has 2 aromatic rings. The van der Waals surface area contributed by atoms with Gasteiger partial charge in [0.2, 0.25) is 5.95 Å². The summed E-state index contributed by atoms with van der Waals surface area (Å²) in [5, 5.41) is 3.40. The summed E-state index contributed by atoms with van der Waals surface area (Å²) in [6, 6.07) is 12.2. The number of hydrogen-bond acceptors (Lipinski definition) is 4. The molecular weight excluding hydrogens is 427 g/mol. The molecule has 6 nitrogen and oxygen atoms in total. The van der Waals surface area contributed by atoms with Crippen LogP contribution in [-0.2, 0) is 6.54 Å². The second kappa shape index (κ2) is 10.2. The van der Waals surface area contributed by atoms with Crippen LogP contribution in [0.5, 0.6) is 0 Å². The van der Waals surface area contributed by atoms with E-state index in [1.165, 1.54) is 5.56 Å². The summed E-state index contributed by atoms with van der Waals surface area (Å²) in [4.78, 5) is 18.0. The number of anilines is 1. The quantitative estimate of drug-likeness (QED) is 0.439. The number of rotatable bonds is 4. The van der Waals surface area contributed by atoms with Crippen LogP contribution >= 0.6 is 24.0 Å². The molecule has 1 N–H and O–H groups in total. The Morgan fingerprint density at radius 1 is 1.04 bits per heavy atom. The van der Waals surface area contributed by atoms with Crippen molar-refractivity contribution >= 4 is 35.9 Å². The zero-order valence-electron chi connectivity index (χ0n) is 14.5. The molecule has 0 radical (unpaired) electrons. The fourth-order valence-corrected chi connectivity index (χ4v) is 2.75. The minimum Gasteiger partial charge on any atom is -0.357 e. The maximum Gasteiger partial charge on any atom is 0.225 e. The Morgan fingerprint density at radius 2 is 1.72 bits per heavy atom. The van der Waals surface area contributed by atoms with Crippen molar-refractivity contribution in [2.24, 2.45) is 4.99 Å². The molecule has 1 aliphatic heterocycles. The molecule has 1 aliphatic rings. The van der Waals surface area contributed by atoms with Gasteiger partial charge in [0.05, 0.1) is 6.54 Å². The number of aromatic nitrogens is 2. The van der Waals surface area contributed by atoms with Crippen molar-refractivity contribution in [1.29, 1.82) is 0 Å². The molecule has 134 valence electrons. The van der Waals surface area contributed by atoms with Crippen molar-refractivity contribution in [3.63, 3.8) is 0 Å². The van der Waals surface area contributed by atoms with Gasteiger partial charge in [0.15, 0.2) is 5.96 Å². The van der Waals surface area contributed by atoms with Crippen LogP contribution in [0.15, 0.2) is 53.8 Å². The van der Waals surface area contributed by atoms with Gasteiger partial charge in [-0.25, -0.2) is 15.0 Å². The lowest BCUT2D eigenvalue weighted by Crippen LogP contribution is -2.52. The first-order valence-electron chi connectivity index (χ1n) is 8.46.